The summed E-state index contributed by atoms with van der Waals surface area (Å²) in [5.41, 5.74) is 3.46. The van der Waals surface area contributed by atoms with Gasteiger partial charge in [0.2, 0.25) is 5.91 Å². The lowest BCUT2D eigenvalue weighted by Crippen LogP contribution is -2.37. The zero-order chi connectivity index (χ0) is 14.8. The molecule has 3 rings (SSSR count). The van der Waals surface area contributed by atoms with Crippen LogP contribution in [0.4, 0.5) is 0 Å². The lowest BCUT2D eigenvalue weighted by atomic mass is 10.1. The van der Waals surface area contributed by atoms with Crippen molar-refractivity contribution in [2.24, 2.45) is 7.05 Å². The number of aromatic nitrogens is 2. The summed E-state index contributed by atoms with van der Waals surface area (Å²) in [4.78, 5) is 12.5. The molecule has 118 valence electrons. The molecular weight excluding hydrogens is 300 g/mol. The molecule has 0 aliphatic heterocycles. The van der Waals surface area contributed by atoms with Crippen molar-refractivity contribution < 1.29 is 4.79 Å². The van der Waals surface area contributed by atoms with Crippen LogP contribution in [0, 0.1) is 0 Å². The van der Waals surface area contributed by atoms with Gasteiger partial charge in [-0.1, -0.05) is 24.3 Å². The van der Waals surface area contributed by atoms with Crippen LogP contribution in [0.5, 0.6) is 0 Å². The minimum absolute atomic E-state index is 0. The fraction of sp³-hybridized carbons (Fsp3) is 0.375. The number of hydrogen-bond donors (Lipinski definition) is 2. The highest BCUT2D eigenvalue weighted by Crippen LogP contribution is 2.31. The summed E-state index contributed by atoms with van der Waals surface area (Å²) < 4.78 is 1.71. The zero-order valence-electron chi connectivity index (χ0n) is 12.7. The molecule has 2 unspecified atom stereocenters. The van der Waals surface area contributed by atoms with Crippen LogP contribution < -0.4 is 10.6 Å². The van der Waals surface area contributed by atoms with Crippen molar-refractivity contribution in [3.05, 3.63) is 53.3 Å². The number of hydrogen-bond acceptors (Lipinski definition) is 3. The molecule has 6 heteroatoms. The van der Waals surface area contributed by atoms with Crippen molar-refractivity contribution in [2.75, 3.05) is 7.05 Å². The molecule has 1 amide bonds. The minimum atomic E-state index is -0.369. The summed E-state index contributed by atoms with van der Waals surface area (Å²) in [7, 11) is 3.64. The molecule has 0 bridgehead atoms. The van der Waals surface area contributed by atoms with Crippen molar-refractivity contribution in [3.8, 4) is 0 Å². The fourth-order valence-electron chi connectivity index (χ4n) is 3.00. The van der Waals surface area contributed by atoms with Gasteiger partial charge in [0.1, 0.15) is 6.04 Å². The Bertz CT molecular complexity index is 655. The predicted molar refractivity (Wildman–Crippen MR) is 87.9 cm³/mol. The summed E-state index contributed by atoms with van der Waals surface area (Å²) in [6.07, 6.45) is 5.58. The Morgan fingerprint density at radius 1 is 1.41 bits per heavy atom. The van der Waals surface area contributed by atoms with Crippen LogP contribution in [-0.4, -0.2) is 22.7 Å². The van der Waals surface area contributed by atoms with E-state index in [1.807, 2.05) is 19.3 Å². The lowest BCUT2D eigenvalue weighted by molar-refractivity contribution is -0.123. The second-order valence-corrected chi connectivity index (χ2v) is 5.47. The monoisotopic (exact) mass is 320 g/mol. The van der Waals surface area contributed by atoms with Gasteiger partial charge in [-0.05, 0) is 31.0 Å². The van der Waals surface area contributed by atoms with Gasteiger partial charge in [0.15, 0.2) is 0 Å². The van der Waals surface area contributed by atoms with Crippen molar-refractivity contribution >= 4 is 18.3 Å². The van der Waals surface area contributed by atoms with Gasteiger partial charge in [0.25, 0.3) is 0 Å². The average Bonchev–Trinajstić information content (AvgIpc) is 3.07. The Balaban J connectivity index is 0.00000176. The van der Waals surface area contributed by atoms with E-state index in [0.717, 1.165) is 18.4 Å². The molecule has 1 heterocycles. The van der Waals surface area contributed by atoms with Crippen LogP contribution in [0.1, 0.15) is 35.2 Å². The summed E-state index contributed by atoms with van der Waals surface area (Å²) in [5.74, 6) is -0.00722. The lowest BCUT2D eigenvalue weighted by Gasteiger charge is -2.19. The Morgan fingerprint density at radius 3 is 2.86 bits per heavy atom. The van der Waals surface area contributed by atoms with Gasteiger partial charge < -0.3 is 10.6 Å². The number of benzene rings is 1. The number of carbonyl (C=O) groups is 1. The number of halogens is 1. The first kappa shape index (κ1) is 16.5. The van der Waals surface area contributed by atoms with E-state index < -0.39 is 0 Å². The smallest absolute Gasteiger partial charge is 0.242 e. The largest absolute Gasteiger partial charge is 0.348 e. The van der Waals surface area contributed by atoms with E-state index in [-0.39, 0.29) is 30.4 Å². The van der Waals surface area contributed by atoms with E-state index in [1.165, 1.54) is 11.1 Å². The maximum Gasteiger partial charge on any atom is 0.242 e. The molecule has 0 radical (unpaired) electrons. The highest BCUT2D eigenvalue weighted by atomic mass is 35.5. The molecule has 2 N–H and O–H groups in total. The topological polar surface area (TPSA) is 59.0 Å². The predicted octanol–water partition coefficient (Wildman–Crippen LogP) is 1.91. The number of aryl methyl sites for hydroxylation is 2. The van der Waals surface area contributed by atoms with Gasteiger partial charge >= 0.3 is 0 Å². The number of rotatable bonds is 4. The first-order chi connectivity index (χ1) is 10.2. The summed E-state index contributed by atoms with van der Waals surface area (Å²) >= 11 is 0. The van der Waals surface area contributed by atoms with Gasteiger partial charge in [0.05, 0.1) is 12.2 Å². The van der Waals surface area contributed by atoms with E-state index in [1.54, 1.807) is 17.9 Å². The third-order valence-corrected chi connectivity index (χ3v) is 4.06. The van der Waals surface area contributed by atoms with E-state index in [4.69, 9.17) is 0 Å². The summed E-state index contributed by atoms with van der Waals surface area (Å²) in [6, 6.07) is 8.06. The summed E-state index contributed by atoms with van der Waals surface area (Å²) in [5, 5.41) is 10.4. The molecule has 0 saturated carbocycles. The molecule has 1 aliphatic carbocycles. The molecule has 0 saturated heterocycles. The Morgan fingerprint density at radius 2 is 2.18 bits per heavy atom. The molecule has 2 atom stereocenters. The van der Waals surface area contributed by atoms with Crippen molar-refractivity contribution in [2.45, 2.75) is 24.9 Å². The molecular formula is C16H21ClN4O. The van der Waals surface area contributed by atoms with Crippen molar-refractivity contribution in [3.63, 3.8) is 0 Å². The van der Waals surface area contributed by atoms with E-state index in [0.29, 0.717) is 0 Å². The first-order valence-electron chi connectivity index (χ1n) is 7.23. The number of nitrogens with zero attached hydrogens (tertiary/aromatic N) is 2. The number of carbonyl (C=O) groups excluding carboxylic acids is 1. The Kier molecular flexibility index (Phi) is 5.21. The SMILES string of the molecule is CNC(C(=O)NC1CCc2ccccc21)c1cnn(C)c1.Cl. The van der Waals surface area contributed by atoms with E-state index in [9.17, 15) is 4.79 Å². The van der Waals surface area contributed by atoms with Crippen LogP contribution in [0.15, 0.2) is 36.7 Å². The second kappa shape index (κ2) is 6.94. The number of amides is 1. The Hall–Kier alpha value is -1.85. The average molecular weight is 321 g/mol. The molecule has 1 aromatic heterocycles. The van der Waals surface area contributed by atoms with Crippen LogP contribution in [0.3, 0.4) is 0 Å². The molecule has 2 aromatic rings. The van der Waals surface area contributed by atoms with E-state index >= 15 is 0 Å². The normalized spacial score (nSPS) is 17.5. The quantitative estimate of drug-likeness (QED) is 0.904. The highest BCUT2D eigenvalue weighted by molar-refractivity contribution is 5.85. The van der Waals surface area contributed by atoms with Gasteiger partial charge in [-0.2, -0.15) is 5.10 Å². The van der Waals surface area contributed by atoms with Crippen molar-refractivity contribution in [1.29, 1.82) is 0 Å². The summed E-state index contributed by atoms with van der Waals surface area (Å²) in [6.45, 7) is 0. The van der Waals surface area contributed by atoms with Gasteiger partial charge in [-0.25, -0.2) is 0 Å². The van der Waals surface area contributed by atoms with Crippen LogP contribution in [0.2, 0.25) is 0 Å². The fourth-order valence-corrected chi connectivity index (χ4v) is 3.00. The second-order valence-electron chi connectivity index (χ2n) is 5.47. The van der Waals surface area contributed by atoms with Crippen LogP contribution >= 0.6 is 12.4 Å². The third kappa shape index (κ3) is 3.15. The number of fused-ring (bicyclic) bond motifs is 1. The molecule has 0 spiro atoms. The minimum Gasteiger partial charge on any atom is -0.348 e. The maximum atomic E-state index is 12.5. The van der Waals surface area contributed by atoms with Gasteiger partial charge in [-0.3, -0.25) is 9.48 Å². The highest BCUT2D eigenvalue weighted by Gasteiger charge is 2.27. The van der Waals surface area contributed by atoms with Gasteiger partial charge in [-0.15, -0.1) is 12.4 Å². The third-order valence-electron chi connectivity index (χ3n) is 4.06. The maximum absolute atomic E-state index is 12.5. The standard InChI is InChI=1S/C16H20N4O.ClH/c1-17-15(12-9-18-20(2)10-12)16(21)19-14-8-7-11-5-3-4-6-13(11)14;/h3-6,9-10,14-15,17H,7-8H2,1-2H3,(H,19,21);1H. The van der Waals surface area contributed by atoms with Crippen LogP contribution in [0.25, 0.3) is 0 Å². The van der Waals surface area contributed by atoms with Crippen LogP contribution in [-0.2, 0) is 18.3 Å². The zero-order valence-corrected chi connectivity index (χ0v) is 13.6. The number of likely N-dealkylation sites (N-methyl/N-ethyl adjacent to an activating group) is 1. The first-order valence-corrected chi connectivity index (χ1v) is 7.23. The molecule has 22 heavy (non-hydrogen) atoms. The van der Waals surface area contributed by atoms with Gasteiger partial charge in [0, 0.05) is 18.8 Å². The molecule has 0 fully saturated rings. The molecule has 1 aliphatic rings. The van der Waals surface area contributed by atoms with Crippen molar-refractivity contribution in [1.82, 2.24) is 20.4 Å². The number of nitrogens with one attached hydrogen (secondary N) is 2. The molecule has 5 nitrogen and oxygen atoms in total. The van der Waals surface area contributed by atoms with E-state index in [2.05, 4.69) is 33.9 Å². The molecule has 1 aromatic carbocycles. The Labute approximate surface area is 136 Å².